The number of nitrogens with zero attached hydrogens (tertiary/aromatic N) is 3. The highest BCUT2D eigenvalue weighted by Crippen LogP contribution is 2.33. The van der Waals surface area contributed by atoms with E-state index in [0.29, 0.717) is 46.8 Å². The molecule has 2 aromatic carbocycles. The first-order valence-corrected chi connectivity index (χ1v) is 13.1. The molecule has 1 atom stereocenters. The molecule has 9 nitrogen and oxygen atoms in total. The Labute approximate surface area is 231 Å². The number of benzene rings is 2. The van der Waals surface area contributed by atoms with Gasteiger partial charge in [-0.2, -0.15) is 5.10 Å². The molecule has 0 bridgehead atoms. The summed E-state index contributed by atoms with van der Waals surface area (Å²) in [5.41, 5.74) is 6.09. The molecule has 0 spiro atoms. The van der Waals surface area contributed by atoms with Gasteiger partial charge in [0.15, 0.2) is 5.69 Å². The van der Waals surface area contributed by atoms with Crippen LogP contribution in [0.1, 0.15) is 35.8 Å². The van der Waals surface area contributed by atoms with Gasteiger partial charge in [0, 0.05) is 22.7 Å². The van der Waals surface area contributed by atoms with Crippen molar-refractivity contribution in [2.75, 3.05) is 33.5 Å². The largest absolute Gasteiger partial charge is 0.497 e. The molecule has 0 aliphatic carbocycles. The first kappa shape index (κ1) is 27.9. The molecule has 38 heavy (non-hydrogen) atoms. The average Bonchev–Trinajstić information content (AvgIpc) is 3.48. The SMILES string of the molecule is CCOC(=O)COCC1CCCN1NC(=O)c1nn(-c2ccc(Cl)cc2Cl)c(-c2ccc(OC)cc2)c1C. The lowest BCUT2D eigenvalue weighted by Crippen LogP contribution is -2.47. The number of nitrogens with one attached hydrogen (secondary N) is 1. The summed E-state index contributed by atoms with van der Waals surface area (Å²) >= 11 is 12.7. The standard InChI is InChI=1S/C27H30Cl2N4O5/c1-4-38-24(34)16-37-15-20-6-5-13-32(20)31-27(35)25-17(2)26(18-7-10-21(36-3)11-8-18)33(30-25)23-12-9-19(28)14-22(23)29/h7-12,14,20H,4-6,13,15-16H2,1-3H3,(H,31,35). The molecule has 2 heterocycles. The monoisotopic (exact) mass is 560 g/mol. The maximum Gasteiger partial charge on any atom is 0.332 e. The summed E-state index contributed by atoms with van der Waals surface area (Å²) in [6.07, 6.45) is 1.71. The number of aromatic nitrogens is 2. The minimum absolute atomic E-state index is 0.0671. The second-order valence-electron chi connectivity index (χ2n) is 8.81. The molecule has 1 unspecified atom stereocenters. The summed E-state index contributed by atoms with van der Waals surface area (Å²) < 4.78 is 17.4. The van der Waals surface area contributed by atoms with Crippen LogP contribution < -0.4 is 10.2 Å². The predicted molar refractivity (Wildman–Crippen MR) is 145 cm³/mol. The zero-order valence-corrected chi connectivity index (χ0v) is 23.0. The van der Waals surface area contributed by atoms with Crippen LogP contribution in [0.2, 0.25) is 10.0 Å². The van der Waals surface area contributed by atoms with Gasteiger partial charge in [-0.25, -0.2) is 14.5 Å². The van der Waals surface area contributed by atoms with Crippen LogP contribution in [0.5, 0.6) is 5.75 Å². The Morgan fingerprint density at radius 1 is 1.16 bits per heavy atom. The zero-order chi connectivity index (χ0) is 27.2. The van der Waals surface area contributed by atoms with E-state index in [-0.39, 0.29) is 24.2 Å². The predicted octanol–water partition coefficient (Wildman–Crippen LogP) is 4.85. The van der Waals surface area contributed by atoms with E-state index in [9.17, 15) is 9.59 Å². The van der Waals surface area contributed by atoms with Crippen LogP contribution in [0, 0.1) is 6.92 Å². The number of amides is 1. The molecular weight excluding hydrogens is 531 g/mol. The Morgan fingerprint density at radius 3 is 2.61 bits per heavy atom. The quantitative estimate of drug-likeness (QED) is 0.354. The van der Waals surface area contributed by atoms with Gasteiger partial charge in [0.2, 0.25) is 0 Å². The minimum Gasteiger partial charge on any atom is -0.497 e. The highest BCUT2D eigenvalue weighted by molar-refractivity contribution is 6.35. The van der Waals surface area contributed by atoms with Gasteiger partial charge in [0.25, 0.3) is 5.91 Å². The summed E-state index contributed by atoms with van der Waals surface area (Å²) in [7, 11) is 1.61. The van der Waals surface area contributed by atoms with Crippen LogP contribution in [0.15, 0.2) is 42.5 Å². The number of methoxy groups -OCH3 is 1. The summed E-state index contributed by atoms with van der Waals surface area (Å²) in [6, 6.07) is 12.6. The third-order valence-electron chi connectivity index (χ3n) is 6.30. The highest BCUT2D eigenvalue weighted by Gasteiger charge is 2.29. The molecule has 202 valence electrons. The molecule has 1 fully saturated rings. The highest BCUT2D eigenvalue weighted by atomic mass is 35.5. The van der Waals surface area contributed by atoms with E-state index in [2.05, 4.69) is 10.5 Å². The van der Waals surface area contributed by atoms with Crippen LogP contribution in [0.25, 0.3) is 16.9 Å². The molecule has 1 N–H and O–H groups in total. The summed E-state index contributed by atoms with van der Waals surface area (Å²) in [5.74, 6) is -0.0437. The molecule has 4 rings (SSSR count). The van der Waals surface area contributed by atoms with Crippen LogP contribution in [-0.4, -0.2) is 66.2 Å². The second kappa shape index (κ2) is 12.6. The van der Waals surface area contributed by atoms with Gasteiger partial charge in [0.1, 0.15) is 12.4 Å². The summed E-state index contributed by atoms with van der Waals surface area (Å²) in [4.78, 5) is 25.1. The lowest BCUT2D eigenvalue weighted by Gasteiger charge is -2.24. The van der Waals surface area contributed by atoms with E-state index in [0.717, 1.165) is 24.1 Å². The number of carbonyl (C=O) groups is 2. The number of carbonyl (C=O) groups excluding carboxylic acids is 2. The Morgan fingerprint density at radius 2 is 1.92 bits per heavy atom. The van der Waals surface area contributed by atoms with E-state index in [4.69, 9.17) is 37.4 Å². The number of hydrogen-bond donors (Lipinski definition) is 1. The van der Waals surface area contributed by atoms with Crippen LogP contribution in [0.4, 0.5) is 0 Å². The number of halogens is 2. The molecule has 1 amide bonds. The van der Waals surface area contributed by atoms with Crippen molar-refractivity contribution in [3.63, 3.8) is 0 Å². The molecule has 3 aromatic rings. The number of rotatable bonds is 10. The van der Waals surface area contributed by atoms with Crippen molar-refractivity contribution in [3.8, 4) is 22.7 Å². The maximum atomic E-state index is 13.5. The first-order chi connectivity index (χ1) is 18.3. The number of hydrazine groups is 1. The third-order valence-corrected chi connectivity index (χ3v) is 6.83. The molecule has 0 radical (unpaired) electrons. The van der Waals surface area contributed by atoms with E-state index in [1.165, 1.54) is 0 Å². The van der Waals surface area contributed by atoms with E-state index < -0.39 is 5.97 Å². The molecule has 0 saturated carbocycles. The van der Waals surface area contributed by atoms with Crippen molar-refractivity contribution in [1.29, 1.82) is 0 Å². The molecule has 11 heteroatoms. The van der Waals surface area contributed by atoms with Gasteiger partial charge in [-0.3, -0.25) is 10.2 Å². The smallest absolute Gasteiger partial charge is 0.332 e. The fourth-order valence-corrected chi connectivity index (χ4v) is 4.94. The lowest BCUT2D eigenvalue weighted by atomic mass is 10.1. The molecular formula is C27H30Cl2N4O5. The summed E-state index contributed by atoms with van der Waals surface area (Å²) in [5, 5.41) is 7.43. The fourth-order valence-electron chi connectivity index (χ4n) is 4.45. The molecule has 1 aliphatic heterocycles. The van der Waals surface area contributed by atoms with Crippen molar-refractivity contribution in [3.05, 3.63) is 63.8 Å². The third kappa shape index (κ3) is 6.30. The number of esters is 1. The van der Waals surface area contributed by atoms with Gasteiger partial charge in [-0.15, -0.1) is 0 Å². The molecule has 1 saturated heterocycles. The number of ether oxygens (including phenoxy) is 3. The van der Waals surface area contributed by atoms with E-state index >= 15 is 0 Å². The van der Waals surface area contributed by atoms with Crippen LogP contribution in [-0.2, 0) is 14.3 Å². The Bertz CT molecular complexity index is 1300. The zero-order valence-electron chi connectivity index (χ0n) is 21.5. The van der Waals surface area contributed by atoms with E-state index in [1.807, 2.05) is 36.2 Å². The van der Waals surface area contributed by atoms with Gasteiger partial charge in [-0.05, 0) is 69.2 Å². The van der Waals surface area contributed by atoms with E-state index in [1.54, 1.807) is 36.9 Å². The van der Waals surface area contributed by atoms with Crippen molar-refractivity contribution >= 4 is 35.1 Å². The van der Waals surface area contributed by atoms with Crippen molar-refractivity contribution in [2.24, 2.45) is 0 Å². The van der Waals surface area contributed by atoms with Gasteiger partial charge >= 0.3 is 5.97 Å². The lowest BCUT2D eigenvalue weighted by molar-refractivity contribution is -0.149. The molecule has 1 aromatic heterocycles. The first-order valence-electron chi connectivity index (χ1n) is 12.3. The second-order valence-corrected chi connectivity index (χ2v) is 9.65. The summed E-state index contributed by atoms with van der Waals surface area (Å²) in [6.45, 7) is 4.74. The van der Waals surface area contributed by atoms with Gasteiger partial charge in [0.05, 0.1) is 42.8 Å². The number of hydrogen-bond acceptors (Lipinski definition) is 7. The Hall–Kier alpha value is -3.11. The van der Waals surface area contributed by atoms with Crippen LogP contribution >= 0.6 is 23.2 Å². The van der Waals surface area contributed by atoms with Crippen molar-refractivity contribution in [2.45, 2.75) is 32.7 Å². The average molecular weight is 561 g/mol. The van der Waals surface area contributed by atoms with Crippen molar-refractivity contribution in [1.82, 2.24) is 20.2 Å². The van der Waals surface area contributed by atoms with Crippen molar-refractivity contribution < 1.29 is 23.8 Å². The van der Waals surface area contributed by atoms with Gasteiger partial charge in [-0.1, -0.05) is 23.2 Å². The van der Waals surface area contributed by atoms with Crippen LogP contribution in [0.3, 0.4) is 0 Å². The maximum absolute atomic E-state index is 13.5. The Balaban J connectivity index is 1.60. The minimum atomic E-state index is -0.408. The fraction of sp³-hybridized carbons (Fsp3) is 0.370. The van der Waals surface area contributed by atoms with Gasteiger partial charge < -0.3 is 14.2 Å². The topological polar surface area (TPSA) is 94.9 Å². The normalized spacial score (nSPS) is 15.4. The Kier molecular flexibility index (Phi) is 9.27. The molecule has 1 aliphatic rings.